The van der Waals surface area contributed by atoms with Crippen molar-refractivity contribution in [3.63, 3.8) is 0 Å². The Kier molecular flexibility index (Phi) is 4.12. The largest absolute Gasteiger partial charge is 0.444 e. The lowest BCUT2D eigenvalue weighted by Gasteiger charge is -2.50. The van der Waals surface area contributed by atoms with Gasteiger partial charge in [0.15, 0.2) is 0 Å². The van der Waals surface area contributed by atoms with Crippen molar-refractivity contribution in [2.24, 2.45) is 17.8 Å². The van der Waals surface area contributed by atoms with Crippen LogP contribution in [0.15, 0.2) is 0 Å². The number of rotatable bonds is 1. The first-order valence-electron chi connectivity index (χ1n) is 9.87. The van der Waals surface area contributed by atoms with E-state index in [9.17, 15) is 9.59 Å². The van der Waals surface area contributed by atoms with Gasteiger partial charge in [0.05, 0.1) is 0 Å². The Morgan fingerprint density at radius 2 is 1.72 bits per heavy atom. The third-order valence-corrected chi connectivity index (χ3v) is 6.54. The van der Waals surface area contributed by atoms with E-state index in [0.29, 0.717) is 19.1 Å². The van der Waals surface area contributed by atoms with Gasteiger partial charge in [0.1, 0.15) is 5.60 Å². The number of piperidine rings is 1. The third-order valence-electron chi connectivity index (χ3n) is 6.54. The molecule has 0 aromatic carbocycles. The zero-order valence-electron chi connectivity index (χ0n) is 15.7. The molecule has 0 spiro atoms. The minimum absolute atomic E-state index is 0.115. The fraction of sp³-hybridized carbons (Fsp3) is 0.895. The van der Waals surface area contributed by atoms with Gasteiger partial charge in [0.2, 0.25) is 0 Å². The van der Waals surface area contributed by atoms with Gasteiger partial charge in [-0.15, -0.1) is 0 Å². The average Bonchev–Trinajstić information content (AvgIpc) is 3.02. The van der Waals surface area contributed by atoms with Crippen molar-refractivity contribution < 1.29 is 14.3 Å². The number of urea groups is 1. The number of carbonyl (C=O) groups excluding carboxylic acids is 2. The molecule has 140 valence electrons. The molecule has 2 heterocycles. The van der Waals surface area contributed by atoms with Gasteiger partial charge in [-0.05, 0) is 64.7 Å². The van der Waals surface area contributed by atoms with E-state index in [2.05, 4.69) is 10.2 Å². The Balaban J connectivity index is 1.23. The topological polar surface area (TPSA) is 61.9 Å². The van der Waals surface area contributed by atoms with Crippen LogP contribution >= 0.6 is 0 Å². The minimum Gasteiger partial charge on any atom is -0.444 e. The van der Waals surface area contributed by atoms with E-state index in [-0.39, 0.29) is 18.2 Å². The van der Waals surface area contributed by atoms with Crippen molar-refractivity contribution in [2.75, 3.05) is 19.6 Å². The molecule has 4 atom stereocenters. The van der Waals surface area contributed by atoms with Crippen LogP contribution in [0, 0.1) is 17.8 Å². The Morgan fingerprint density at radius 1 is 1.04 bits per heavy atom. The van der Waals surface area contributed by atoms with Gasteiger partial charge in [-0.3, -0.25) is 0 Å². The third kappa shape index (κ3) is 3.20. The number of fused-ring (bicyclic) bond motifs is 5. The molecule has 2 aliphatic heterocycles. The number of amides is 3. The lowest BCUT2D eigenvalue weighted by Crippen LogP contribution is -2.64. The SMILES string of the molecule is CC(C)(C)OC(=O)N1CCC(NC(=O)N2C[C@H]3[C@H]4CC[C@@H](C4)[C@H]32)CC1. The molecule has 25 heavy (non-hydrogen) atoms. The predicted octanol–water partition coefficient (Wildman–Crippen LogP) is 2.83. The van der Waals surface area contributed by atoms with Gasteiger partial charge in [-0.25, -0.2) is 9.59 Å². The first-order chi connectivity index (χ1) is 11.8. The van der Waals surface area contributed by atoms with Gasteiger partial charge in [-0.1, -0.05) is 0 Å². The van der Waals surface area contributed by atoms with Crippen molar-refractivity contribution in [3.05, 3.63) is 0 Å². The molecule has 6 nitrogen and oxygen atoms in total. The Morgan fingerprint density at radius 3 is 2.36 bits per heavy atom. The quantitative estimate of drug-likeness (QED) is 0.792. The summed E-state index contributed by atoms with van der Waals surface area (Å²) in [5, 5.41) is 3.21. The average molecular weight is 349 g/mol. The highest BCUT2D eigenvalue weighted by Crippen LogP contribution is 2.55. The maximum atomic E-state index is 12.6. The summed E-state index contributed by atoms with van der Waals surface area (Å²) in [6.07, 6.45) is 5.39. The van der Waals surface area contributed by atoms with Crippen molar-refractivity contribution in [2.45, 2.75) is 70.6 Å². The molecule has 4 rings (SSSR count). The second kappa shape index (κ2) is 6.06. The fourth-order valence-electron chi connectivity index (χ4n) is 5.34. The molecular formula is C19H31N3O3. The van der Waals surface area contributed by atoms with E-state index in [1.165, 1.54) is 19.3 Å². The van der Waals surface area contributed by atoms with Crippen LogP contribution in [0.2, 0.25) is 0 Å². The van der Waals surface area contributed by atoms with Crippen LogP contribution in [0.25, 0.3) is 0 Å². The smallest absolute Gasteiger partial charge is 0.410 e. The molecule has 0 aromatic heterocycles. The summed E-state index contributed by atoms with van der Waals surface area (Å²) >= 11 is 0. The summed E-state index contributed by atoms with van der Waals surface area (Å²) in [6.45, 7) is 7.90. The lowest BCUT2D eigenvalue weighted by molar-refractivity contribution is 0.00862. The van der Waals surface area contributed by atoms with Gasteiger partial charge in [-0.2, -0.15) is 0 Å². The lowest BCUT2D eigenvalue weighted by atomic mass is 9.77. The summed E-state index contributed by atoms with van der Waals surface area (Å²) < 4.78 is 5.43. The Hall–Kier alpha value is -1.46. The van der Waals surface area contributed by atoms with Crippen molar-refractivity contribution in [1.29, 1.82) is 0 Å². The molecule has 0 radical (unpaired) electrons. The van der Waals surface area contributed by atoms with Gasteiger partial charge < -0.3 is 19.9 Å². The van der Waals surface area contributed by atoms with E-state index in [0.717, 1.165) is 37.1 Å². The van der Waals surface area contributed by atoms with Gasteiger partial charge in [0.25, 0.3) is 0 Å². The van der Waals surface area contributed by atoms with E-state index in [1.54, 1.807) is 4.90 Å². The molecule has 2 bridgehead atoms. The number of ether oxygens (including phenoxy) is 1. The van der Waals surface area contributed by atoms with E-state index >= 15 is 0 Å². The van der Waals surface area contributed by atoms with Crippen LogP contribution in [0.4, 0.5) is 9.59 Å². The second-order valence-electron chi connectivity index (χ2n) is 9.33. The zero-order valence-corrected chi connectivity index (χ0v) is 15.7. The molecule has 3 amide bonds. The normalized spacial score (nSPS) is 34.5. The number of likely N-dealkylation sites (tertiary alicyclic amines) is 2. The molecule has 1 N–H and O–H groups in total. The molecule has 2 saturated heterocycles. The number of hydrogen-bond donors (Lipinski definition) is 1. The van der Waals surface area contributed by atoms with E-state index in [4.69, 9.17) is 4.74 Å². The molecule has 4 aliphatic rings. The fourth-order valence-corrected chi connectivity index (χ4v) is 5.34. The highest BCUT2D eigenvalue weighted by atomic mass is 16.6. The van der Waals surface area contributed by atoms with Crippen LogP contribution in [-0.4, -0.2) is 59.2 Å². The molecule has 6 heteroatoms. The Bertz CT molecular complexity index is 549. The number of nitrogens with one attached hydrogen (secondary N) is 1. The highest BCUT2D eigenvalue weighted by Gasteiger charge is 2.57. The molecular weight excluding hydrogens is 318 g/mol. The molecule has 0 unspecified atom stereocenters. The first kappa shape index (κ1) is 17.0. The van der Waals surface area contributed by atoms with Crippen LogP contribution in [0.5, 0.6) is 0 Å². The number of carbonyl (C=O) groups is 2. The molecule has 2 aliphatic carbocycles. The maximum absolute atomic E-state index is 12.6. The van der Waals surface area contributed by atoms with E-state index in [1.807, 2.05) is 20.8 Å². The first-order valence-corrected chi connectivity index (χ1v) is 9.87. The van der Waals surface area contributed by atoms with Crippen LogP contribution in [0.1, 0.15) is 52.9 Å². The molecule has 2 saturated carbocycles. The summed E-state index contributed by atoms with van der Waals surface area (Å²) in [4.78, 5) is 28.6. The monoisotopic (exact) mass is 349 g/mol. The van der Waals surface area contributed by atoms with Crippen molar-refractivity contribution in [1.82, 2.24) is 15.1 Å². The van der Waals surface area contributed by atoms with Crippen molar-refractivity contribution in [3.8, 4) is 0 Å². The van der Waals surface area contributed by atoms with Gasteiger partial charge >= 0.3 is 12.1 Å². The van der Waals surface area contributed by atoms with Crippen molar-refractivity contribution >= 4 is 12.1 Å². The van der Waals surface area contributed by atoms with Crippen LogP contribution < -0.4 is 5.32 Å². The summed E-state index contributed by atoms with van der Waals surface area (Å²) in [6, 6.07) is 0.800. The molecule has 4 fully saturated rings. The summed E-state index contributed by atoms with van der Waals surface area (Å²) in [5.41, 5.74) is -0.461. The van der Waals surface area contributed by atoms with Crippen LogP contribution in [0.3, 0.4) is 0 Å². The summed E-state index contributed by atoms with van der Waals surface area (Å²) in [5.74, 6) is 2.41. The summed E-state index contributed by atoms with van der Waals surface area (Å²) in [7, 11) is 0. The highest BCUT2D eigenvalue weighted by molar-refractivity contribution is 5.76. The predicted molar refractivity (Wildman–Crippen MR) is 94.2 cm³/mol. The number of nitrogens with zero attached hydrogens (tertiary/aromatic N) is 2. The zero-order chi connectivity index (χ0) is 17.8. The van der Waals surface area contributed by atoms with Gasteiger partial charge in [0, 0.05) is 37.6 Å². The van der Waals surface area contributed by atoms with E-state index < -0.39 is 5.60 Å². The maximum Gasteiger partial charge on any atom is 0.410 e. The molecule has 0 aromatic rings. The minimum atomic E-state index is -0.461. The van der Waals surface area contributed by atoms with Crippen LogP contribution in [-0.2, 0) is 4.74 Å². The standard InChI is InChI=1S/C19H31N3O3/c1-19(2,3)25-18(24)21-8-6-14(7-9-21)20-17(23)22-11-15-12-4-5-13(10-12)16(15)22/h12-16H,4-11H2,1-3H3,(H,20,23)/t12-,13-,15-,16+/m0/s1. The second-order valence-corrected chi connectivity index (χ2v) is 9.33. The Labute approximate surface area is 150 Å². The number of hydrogen-bond acceptors (Lipinski definition) is 3.